The van der Waals surface area contributed by atoms with Crippen LogP contribution >= 0.6 is 11.6 Å². The zero-order chi connectivity index (χ0) is 24.8. The van der Waals surface area contributed by atoms with Crippen molar-refractivity contribution < 1.29 is 9.90 Å². The summed E-state index contributed by atoms with van der Waals surface area (Å²) in [5.74, 6) is 1.79. The van der Waals surface area contributed by atoms with Gasteiger partial charge in [-0.05, 0) is 30.7 Å². The molecule has 4 rings (SSSR count). The Hall–Kier alpha value is -3.34. The molecule has 2 aromatic heterocycles. The maximum Gasteiger partial charge on any atom is 0.255 e. The van der Waals surface area contributed by atoms with Crippen LogP contribution < -0.4 is 15.5 Å². The van der Waals surface area contributed by atoms with Crippen LogP contribution in [0.15, 0.2) is 36.5 Å². The van der Waals surface area contributed by atoms with E-state index in [9.17, 15) is 4.79 Å². The topological polar surface area (TPSA) is 119 Å². The standard InChI is InChI=1S/C24H29ClN8O2/c1-3-19-27-23(31-24(29-19)33-11-9-32(10-12-33)13-14-34)28-20-15-17(7-8-26-20)22(35)30-21-16(2)5-4-6-18(21)25/h4-8,15,34H,3,9-14H2,1-2H3,(H,30,35)(H,26,27,28,29,31). The first-order valence-electron chi connectivity index (χ1n) is 11.6. The number of aromatic nitrogens is 4. The van der Waals surface area contributed by atoms with Crippen LogP contribution in [0.25, 0.3) is 0 Å². The van der Waals surface area contributed by atoms with E-state index in [0.29, 0.717) is 52.8 Å². The Morgan fingerprint density at radius 1 is 1.14 bits per heavy atom. The zero-order valence-electron chi connectivity index (χ0n) is 19.8. The number of aryl methyl sites for hydroxylation is 2. The molecule has 0 radical (unpaired) electrons. The minimum atomic E-state index is -0.294. The summed E-state index contributed by atoms with van der Waals surface area (Å²) in [7, 11) is 0. The maximum atomic E-state index is 12.9. The third kappa shape index (κ3) is 6.21. The van der Waals surface area contributed by atoms with Crippen molar-refractivity contribution in [1.29, 1.82) is 0 Å². The molecule has 3 N–H and O–H groups in total. The van der Waals surface area contributed by atoms with Crippen molar-refractivity contribution >= 4 is 40.9 Å². The van der Waals surface area contributed by atoms with Crippen molar-refractivity contribution in [2.45, 2.75) is 20.3 Å². The van der Waals surface area contributed by atoms with Gasteiger partial charge in [0.1, 0.15) is 11.6 Å². The largest absolute Gasteiger partial charge is 0.395 e. The Morgan fingerprint density at radius 3 is 2.66 bits per heavy atom. The molecule has 3 heterocycles. The minimum absolute atomic E-state index is 0.155. The number of para-hydroxylation sites is 1. The summed E-state index contributed by atoms with van der Waals surface area (Å²) < 4.78 is 0. The van der Waals surface area contributed by atoms with Gasteiger partial charge in [0.05, 0.1) is 17.3 Å². The van der Waals surface area contributed by atoms with E-state index in [1.54, 1.807) is 24.4 Å². The molecule has 35 heavy (non-hydrogen) atoms. The van der Waals surface area contributed by atoms with Crippen LogP contribution in [0.1, 0.15) is 28.7 Å². The van der Waals surface area contributed by atoms with Gasteiger partial charge in [-0.25, -0.2) is 4.98 Å². The number of β-amino-alcohol motifs (C(OH)–C–C–N with tert-alkyl or cyclic N) is 1. The molecule has 0 spiro atoms. The van der Waals surface area contributed by atoms with E-state index in [0.717, 1.165) is 31.7 Å². The highest BCUT2D eigenvalue weighted by Gasteiger charge is 2.20. The van der Waals surface area contributed by atoms with Crippen LogP contribution in [0.2, 0.25) is 5.02 Å². The van der Waals surface area contributed by atoms with Crippen LogP contribution in [-0.2, 0) is 6.42 Å². The van der Waals surface area contributed by atoms with Crippen LogP contribution in [-0.4, -0.2) is 75.2 Å². The van der Waals surface area contributed by atoms with E-state index in [4.69, 9.17) is 16.7 Å². The van der Waals surface area contributed by atoms with E-state index in [-0.39, 0.29) is 12.5 Å². The van der Waals surface area contributed by atoms with E-state index in [1.807, 2.05) is 26.0 Å². The van der Waals surface area contributed by atoms with Gasteiger partial charge in [0.15, 0.2) is 0 Å². The smallest absolute Gasteiger partial charge is 0.255 e. The number of carbonyl (C=O) groups is 1. The van der Waals surface area contributed by atoms with Gasteiger partial charge in [-0.2, -0.15) is 15.0 Å². The molecule has 0 aliphatic carbocycles. The molecule has 0 atom stereocenters. The molecule has 1 amide bonds. The fourth-order valence-electron chi connectivity index (χ4n) is 3.81. The lowest BCUT2D eigenvalue weighted by Crippen LogP contribution is -2.47. The molecule has 0 bridgehead atoms. The Bertz CT molecular complexity index is 1160. The first-order chi connectivity index (χ1) is 17.0. The van der Waals surface area contributed by atoms with Crippen molar-refractivity contribution in [1.82, 2.24) is 24.8 Å². The number of pyridine rings is 1. The monoisotopic (exact) mass is 496 g/mol. The first kappa shape index (κ1) is 24.8. The van der Waals surface area contributed by atoms with Gasteiger partial charge in [0.25, 0.3) is 5.91 Å². The van der Waals surface area contributed by atoms with Crippen molar-refractivity contribution in [2.75, 3.05) is 54.9 Å². The quantitative estimate of drug-likeness (QED) is 0.432. The van der Waals surface area contributed by atoms with Crippen LogP contribution in [0.5, 0.6) is 0 Å². The second kappa shape index (κ2) is 11.4. The van der Waals surface area contributed by atoms with Gasteiger partial charge >= 0.3 is 0 Å². The highest BCUT2D eigenvalue weighted by Crippen LogP contribution is 2.26. The lowest BCUT2D eigenvalue weighted by atomic mass is 10.2. The van der Waals surface area contributed by atoms with Crippen molar-refractivity contribution in [3.05, 3.63) is 58.5 Å². The number of carbonyl (C=O) groups excluding carboxylic acids is 1. The average Bonchev–Trinajstić information content (AvgIpc) is 2.87. The van der Waals surface area contributed by atoms with E-state index in [1.165, 1.54) is 0 Å². The highest BCUT2D eigenvalue weighted by molar-refractivity contribution is 6.34. The predicted molar refractivity (Wildman–Crippen MR) is 137 cm³/mol. The summed E-state index contributed by atoms with van der Waals surface area (Å²) in [5, 5.41) is 15.6. The second-order valence-corrected chi connectivity index (χ2v) is 8.63. The second-order valence-electron chi connectivity index (χ2n) is 8.22. The van der Waals surface area contributed by atoms with Gasteiger partial charge in [-0.3, -0.25) is 9.69 Å². The summed E-state index contributed by atoms with van der Waals surface area (Å²) in [6, 6.07) is 8.74. The summed E-state index contributed by atoms with van der Waals surface area (Å²) in [5.41, 5.74) is 1.88. The van der Waals surface area contributed by atoms with Crippen molar-refractivity contribution in [3.63, 3.8) is 0 Å². The SMILES string of the molecule is CCc1nc(Nc2cc(C(=O)Nc3c(C)cccc3Cl)ccn2)nc(N2CCN(CCO)CC2)n1. The molecule has 1 aliphatic heterocycles. The Labute approximate surface area is 209 Å². The number of aliphatic hydroxyl groups excluding tert-OH is 1. The molecule has 184 valence electrons. The molecule has 1 aliphatic rings. The van der Waals surface area contributed by atoms with Gasteiger partial charge in [-0.15, -0.1) is 0 Å². The summed E-state index contributed by atoms with van der Waals surface area (Å²) in [6.45, 7) is 7.90. The molecular formula is C24H29ClN8O2. The van der Waals surface area contributed by atoms with Gasteiger partial charge in [-0.1, -0.05) is 30.7 Å². The molecule has 1 aromatic carbocycles. The third-order valence-electron chi connectivity index (χ3n) is 5.78. The molecule has 1 fully saturated rings. The number of rotatable bonds is 8. The number of amides is 1. The Morgan fingerprint density at radius 2 is 1.94 bits per heavy atom. The van der Waals surface area contributed by atoms with E-state index < -0.39 is 0 Å². The summed E-state index contributed by atoms with van der Waals surface area (Å²) in [4.78, 5) is 35.2. The van der Waals surface area contributed by atoms with Crippen molar-refractivity contribution in [2.24, 2.45) is 0 Å². The molecule has 3 aromatic rings. The molecule has 0 saturated carbocycles. The molecule has 1 saturated heterocycles. The van der Waals surface area contributed by atoms with Crippen LogP contribution in [0.4, 0.5) is 23.4 Å². The maximum absolute atomic E-state index is 12.9. The minimum Gasteiger partial charge on any atom is -0.395 e. The number of hydrogen-bond acceptors (Lipinski definition) is 9. The van der Waals surface area contributed by atoms with Gasteiger partial charge in [0, 0.05) is 50.9 Å². The predicted octanol–water partition coefficient (Wildman–Crippen LogP) is 2.90. The number of aliphatic hydroxyl groups is 1. The Kier molecular flexibility index (Phi) is 8.06. The molecule has 11 heteroatoms. The number of anilines is 4. The number of halogens is 1. The fraction of sp³-hybridized carbons (Fsp3) is 0.375. The third-order valence-corrected chi connectivity index (χ3v) is 6.09. The lowest BCUT2D eigenvalue weighted by molar-refractivity contribution is 0.102. The van der Waals surface area contributed by atoms with Gasteiger partial charge < -0.3 is 20.6 Å². The van der Waals surface area contributed by atoms with E-state index in [2.05, 4.69) is 40.4 Å². The van der Waals surface area contributed by atoms with E-state index >= 15 is 0 Å². The van der Waals surface area contributed by atoms with Crippen LogP contribution in [0.3, 0.4) is 0 Å². The highest BCUT2D eigenvalue weighted by atomic mass is 35.5. The number of nitrogens with zero attached hydrogens (tertiary/aromatic N) is 6. The molecule has 0 unspecified atom stereocenters. The lowest BCUT2D eigenvalue weighted by Gasteiger charge is -2.34. The number of piperazine rings is 1. The summed E-state index contributed by atoms with van der Waals surface area (Å²) in [6.07, 6.45) is 2.21. The molecule has 10 nitrogen and oxygen atoms in total. The fourth-order valence-corrected chi connectivity index (χ4v) is 4.08. The average molecular weight is 497 g/mol. The number of nitrogens with one attached hydrogen (secondary N) is 2. The summed E-state index contributed by atoms with van der Waals surface area (Å²) >= 11 is 6.25. The normalized spacial score (nSPS) is 14.1. The molecular weight excluding hydrogens is 468 g/mol. The number of benzene rings is 1. The van der Waals surface area contributed by atoms with Crippen molar-refractivity contribution in [3.8, 4) is 0 Å². The first-order valence-corrected chi connectivity index (χ1v) is 12.0. The van der Waals surface area contributed by atoms with Crippen LogP contribution in [0, 0.1) is 6.92 Å². The number of hydrogen-bond donors (Lipinski definition) is 3. The Balaban J connectivity index is 1.50. The zero-order valence-corrected chi connectivity index (χ0v) is 20.6. The van der Waals surface area contributed by atoms with Gasteiger partial charge in [0.2, 0.25) is 11.9 Å².